The highest BCUT2D eigenvalue weighted by atomic mass is 16.5. The average Bonchev–Trinajstić information content (AvgIpc) is 2.92. The Morgan fingerprint density at radius 1 is 1.00 bits per heavy atom. The molecule has 4 atom stereocenters. The molecule has 27 heavy (non-hydrogen) atoms. The number of carbonyl (C=O) groups is 1. The maximum Gasteiger partial charge on any atom is 0.311 e. The molecule has 0 spiro atoms. The van der Waals surface area contributed by atoms with Gasteiger partial charge >= 0.3 is 5.97 Å². The van der Waals surface area contributed by atoms with Crippen LogP contribution in [0.1, 0.15) is 84.5 Å². The van der Waals surface area contributed by atoms with Crippen molar-refractivity contribution in [1.82, 2.24) is 0 Å². The third-order valence-electron chi connectivity index (χ3n) is 5.69. The summed E-state index contributed by atoms with van der Waals surface area (Å²) in [5.74, 6) is 0.856. The van der Waals surface area contributed by atoms with Crippen LogP contribution in [0.2, 0.25) is 0 Å². The SMILES string of the molecule is CC(C)OC(=O)C1CCCCC1O.OC1CCCCC1C1=CCCCCO1. The molecule has 2 fully saturated rings. The standard InChI is InChI=1S/C12H20O2.C10H18O3/c13-11-7-4-3-6-10(11)12-8-2-1-5-9-14-12;1-7(2)13-10(12)8-5-3-4-6-9(8)11/h8,10-11,13H,1-7,9H2;7-9,11H,3-6H2,1-2H3. The first kappa shape index (κ1) is 22.2. The van der Waals surface area contributed by atoms with Crippen molar-refractivity contribution in [2.24, 2.45) is 11.8 Å². The minimum atomic E-state index is -0.486. The van der Waals surface area contributed by atoms with Crippen molar-refractivity contribution in [1.29, 1.82) is 0 Å². The van der Waals surface area contributed by atoms with Gasteiger partial charge in [-0.05, 0) is 64.9 Å². The summed E-state index contributed by atoms with van der Waals surface area (Å²) in [6.07, 6.45) is 13.0. The van der Waals surface area contributed by atoms with Crippen molar-refractivity contribution in [3.05, 3.63) is 11.8 Å². The summed E-state index contributed by atoms with van der Waals surface area (Å²) in [6, 6.07) is 0. The zero-order valence-electron chi connectivity index (χ0n) is 17.1. The van der Waals surface area contributed by atoms with Crippen LogP contribution in [0.4, 0.5) is 0 Å². The fraction of sp³-hybridized carbons (Fsp3) is 0.864. The minimum Gasteiger partial charge on any atom is -0.498 e. The number of hydrogen-bond donors (Lipinski definition) is 2. The molecule has 2 saturated carbocycles. The lowest BCUT2D eigenvalue weighted by atomic mass is 9.85. The van der Waals surface area contributed by atoms with E-state index in [9.17, 15) is 15.0 Å². The van der Waals surface area contributed by atoms with E-state index >= 15 is 0 Å². The lowest BCUT2D eigenvalue weighted by molar-refractivity contribution is -0.158. The van der Waals surface area contributed by atoms with Crippen LogP contribution in [0.25, 0.3) is 0 Å². The van der Waals surface area contributed by atoms with Crippen molar-refractivity contribution in [2.45, 2.75) is 103 Å². The van der Waals surface area contributed by atoms with Crippen LogP contribution < -0.4 is 0 Å². The molecule has 5 heteroatoms. The second kappa shape index (κ2) is 11.7. The van der Waals surface area contributed by atoms with E-state index in [2.05, 4.69) is 6.08 Å². The number of rotatable bonds is 3. The van der Waals surface area contributed by atoms with Crippen molar-refractivity contribution >= 4 is 5.97 Å². The highest BCUT2D eigenvalue weighted by Crippen LogP contribution is 2.32. The molecule has 0 bridgehead atoms. The maximum absolute atomic E-state index is 11.4. The highest BCUT2D eigenvalue weighted by Gasteiger charge is 2.31. The summed E-state index contributed by atoms with van der Waals surface area (Å²) in [5, 5.41) is 19.4. The van der Waals surface area contributed by atoms with E-state index in [0.29, 0.717) is 5.92 Å². The summed E-state index contributed by atoms with van der Waals surface area (Å²) in [5.41, 5.74) is 0. The van der Waals surface area contributed by atoms with Crippen LogP contribution in [0.5, 0.6) is 0 Å². The Kier molecular flexibility index (Phi) is 9.63. The van der Waals surface area contributed by atoms with E-state index in [4.69, 9.17) is 9.47 Å². The van der Waals surface area contributed by atoms with Gasteiger partial charge in [0, 0.05) is 5.92 Å². The first-order chi connectivity index (χ1) is 13.0. The van der Waals surface area contributed by atoms with Gasteiger partial charge in [-0.25, -0.2) is 0 Å². The molecule has 0 aromatic rings. The summed E-state index contributed by atoms with van der Waals surface area (Å²) in [4.78, 5) is 11.4. The molecule has 0 radical (unpaired) electrons. The van der Waals surface area contributed by atoms with Gasteiger partial charge in [-0.2, -0.15) is 0 Å². The van der Waals surface area contributed by atoms with E-state index < -0.39 is 6.10 Å². The number of aliphatic hydroxyl groups is 2. The molecule has 4 unspecified atom stereocenters. The van der Waals surface area contributed by atoms with E-state index in [1.54, 1.807) is 0 Å². The van der Waals surface area contributed by atoms with Gasteiger partial charge in [-0.1, -0.05) is 25.7 Å². The molecule has 0 amide bonds. The lowest BCUT2D eigenvalue weighted by Gasteiger charge is -2.29. The first-order valence-electron chi connectivity index (χ1n) is 10.9. The van der Waals surface area contributed by atoms with E-state index in [0.717, 1.165) is 63.7 Å². The molecule has 3 aliphatic rings. The van der Waals surface area contributed by atoms with Crippen LogP contribution >= 0.6 is 0 Å². The zero-order valence-corrected chi connectivity index (χ0v) is 17.1. The number of hydrogen-bond acceptors (Lipinski definition) is 5. The fourth-order valence-electron chi connectivity index (χ4n) is 4.15. The Morgan fingerprint density at radius 3 is 2.33 bits per heavy atom. The predicted molar refractivity (Wildman–Crippen MR) is 105 cm³/mol. The van der Waals surface area contributed by atoms with E-state index in [1.807, 2.05) is 13.8 Å². The van der Waals surface area contributed by atoms with Crippen LogP contribution in [-0.2, 0) is 14.3 Å². The van der Waals surface area contributed by atoms with Crippen molar-refractivity contribution in [2.75, 3.05) is 6.61 Å². The Morgan fingerprint density at radius 2 is 1.67 bits per heavy atom. The van der Waals surface area contributed by atoms with Crippen molar-refractivity contribution in [3.8, 4) is 0 Å². The highest BCUT2D eigenvalue weighted by molar-refractivity contribution is 5.73. The quantitative estimate of drug-likeness (QED) is 0.719. The van der Waals surface area contributed by atoms with Gasteiger partial charge in [0.1, 0.15) is 0 Å². The third kappa shape index (κ3) is 7.46. The zero-order chi connectivity index (χ0) is 19.6. The molecular weight excluding hydrogens is 344 g/mol. The van der Waals surface area contributed by atoms with E-state index in [1.165, 1.54) is 19.3 Å². The van der Waals surface area contributed by atoms with Gasteiger partial charge in [0.2, 0.25) is 0 Å². The molecule has 1 heterocycles. The second-order valence-electron chi connectivity index (χ2n) is 8.35. The topological polar surface area (TPSA) is 76.0 Å². The Hall–Kier alpha value is -1.07. The molecule has 2 aliphatic carbocycles. The number of esters is 1. The molecule has 156 valence electrons. The Bertz CT molecular complexity index is 473. The van der Waals surface area contributed by atoms with Gasteiger partial charge < -0.3 is 19.7 Å². The van der Waals surface area contributed by atoms with Crippen molar-refractivity contribution in [3.63, 3.8) is 0 Å². The van der Waals surface area contributed by atoms with Crippen LogP contribution in [0.15, 0.2) is 11.8 Å². The number of aliphatic hydroxyl groups excluding tert-OH is 2. The summed E-state index contributed by atoms with van der Waals surface area (Å²) < 4.78 is 10.8. The largest absolute Gasteiger partial charge is 0.498 e. The molecule has 0 aromatic carbocycles. The van der Waals surface area contributed by atoms with Crippen LogP contribution in [-0.4, -0.2) is 41.1 Å². The second-order valence-corrected chi connectivity index (χ2v) is 8.35. The molecule has 5 nitrogen and oxygen atoms in total. The summed E-state index contributed by atoms with van der Waals surface area (Å²) >= 11 is 0. The maximum atomic E-state index is 11.4. The Labute approximate surface area is 164 Å². The van der Waals surface area contributed by atoms with Gasteiger partial charge in [0.05, 0.1) is 36.6 Å². The van der Waals surface area contributed by atoms with Gasteiger partial charge in [-0.3, -0.25) is 4.79 Å². The van der Waals surface area contributed by atoms with Crippen molar-refractivity contribution < 1.29 is 24.5 Å². The first-order valence-corrected chi connectivity index (χ1v) is 10.9. The monoisotopic (exact) mass is 382 g/mol. The van der Waals surface area contributed by atoms with Gasteiger partial charge in [0.15, 0.2) is 0 Å². The molecule has 3 rings (SSSR count). The molecule has 2 N–H and O–H groups in total. The lowest BCUT2D eigenvalue weighted by Crippen LogP contribution is -2.33. The molecular formula is C22H38O5. The van der Waals surface area contributed by atoms with Gasteiger partial charge in [-0.15, -0.1) is 0 Å². The number of carbonyl (C=O) groups excluding carboxylic acids is 1. The van der Waals surface area contributed by atoms with E-state index in [-0.39, 0.29) is 24.1 Å². The predicted octanol–water partition coefficient (Wildman–Crippen LogP) is 4.11. The summed E-state index contributed by atoms with van der Waals surface area (Å²) in [6.45, 7) is 4.50. The van der Waals surface area contributed by atoms with Gasteiger partial charge in [0.25, 0.3) is 0 Å². The normalized spacial score (nSPS) is 31.7. The fourth-order valence-corrected chi connectivity index (χ4v) is 4.15. The average molecular weight is 383 g/mol. The Balaban J connectivity index is 0.000000194. The molecule has 0 saturated heterocycles. The van der Waals surface area contributed by atoms with Crippen LogP contribution in [0, 0.1) is 11.8 Å². The number of ether oxygens (including phenoxy) is 2. The summed E-state index contributed by atoms with van der Waals surface area (Å²) in [7, 11) is 0. The minimum absolute atomic E-state index is 0.0818. The van der Waals surface area contributed by atoms with Crippen LogP contribution in [0.3, 0.4) is 0 Å². The molecule has 1 aliphatic heterocycles. The number of allylic oxidation sites excluding steroid dienone is 1. The smallest absolute Gasteiger partial charge is 0.311 e. The molecule has 0 aromatic heterocycles. The third-order valence-corrected chi connectivity index (χ3v) is 5.69.